The average Bonchev–Trinajstić information content (AvgIpc) is 2.29. The summed E-state index contributed by atoms with van der Waals surface area (Å²) in [6.07, 6.45) is 14.4. The summed E-state index contributed by atoms with van der Waals surface area (Å²) in [7, 11) is 6.81. The summed E-state index contributed by atoms with van der Waals surface area (Å²) < 4.78 is 1.09. The van der Waals surface area contributed by atoms with E-state index in [1.54, 1.807) is 0 Å². The molecule has 0 radical (unpaired) electrons. The Morgan fingerprint density at radius 1 is 0.667 bits per heavy atom. The number of unbranched alkanes of at least 4 members (excludes halogenated alkanes) is 9. The minimum Gasteiger partial charge on any atom is -0.322 e. The van der Waals surface area contributed by atoms with Crippen molar-refractivity contribution in [3.8, 4) is 0 Å². The standard InChI is InChI=1S/C16H36NS/c1-5-6-7-8-9-10-11-12-13-14-15-18-16-17(2,3)4/h5-16H2,1-4H3/q+1. The molecule has 0 aliphatic carbocycles. The zero-order valence-corrected chi connectivity index (χ0v) is 14.2. The molecular formula is C16H36NS+. The minimum atomic E-state index is 1.09. The quantitative estimate of drug-likeness (QED) is 0.249. The van der Waals surface area contributed by atoms with Gasteiger partial charge in [0.2, 0.25) is 0 Å². The molecule has 18 heavy (non-hydrogen) atoms. The van der Waals surface area contributed by atoms with Gasteiger partial charge in [0.1, 0.15) is 5.88 Å². The Morgan fingerprint density at radius 3 is 1.56 bits per heavy atom. The maximum absolute atomic E-state index is 2.29. The maximum atomic E-state index is 2.29. The highest BCUT2D eigenvalue weighted by molar-refractivity contribution is 7.99. The Labute approximate surface area is 120 Å². The van der Waals surface area contributed by atoms with Gasteiger partial charge < -0.3 is 4.48 Å². The molecule has 0 rings (SSSR count). The van der Waals surface area contributed by atoms with Gasteiger partial charge in [0, 0.05) is 0 Å². The molecule has 0 fully saturated rings. The third-order valence-electron chi connectivity index (χ3n) is 3.12. The average molecular weight is 275 g/mol. The zero-order valence-electron chi connectivity index (χ0n) is 13.3. The molecule has 0 unspecified atom stereocenters. The van der Waals surface area contributed by atoms with Crippen molar-refractivity contribution in [2.75, 3.05) is 32.8 Å². The molecule has 0 aliphatic rings. The summed E-state index contributed by atoms with van der Waals surface area (Å²) in [5.41, 5.74) is 0. The van der Waals surface area contributed by atoms with E-state index in [1.807, 2.05) is 0 Å². The van der Waals surface area contributed by atoms with Crippen LogP contribution in [0.3, 0.4) is 0 Å². The van der Waals surface area contributed by atoms with Gasteiger partial charge in [0.15, 0.2) is 0 Å². The zero-order chi connectivity index (χ0) is 13.7. The fourth-order valence-corrected chi connectivity index (χ4v) is 3.12. The Kier molecular flexibility index (Phi) is 12.6. The first-order chi connectivity index (χ1) is 8.56. The van der Waals surface area contributed by atoms with Crippen molar-refractivity contribution in [1.29, 1.82) is 0 Å². The van der Waals surface area contributed by atoms with Crippen molar-refractivity contribution in [3.05, 3.63) is 0 Å². The second kappa shape index (κ2) is 12.3. The van der Waals surface area contributed by atoms with Crippen molar-refractivity contribution in [2.24, 2.45) is 0 Å². The summed E-state index contributed by atoms with van der Waals surface area (Å²) in [5.74, 6) is 2.60. The fourth-order valence-electron chi connectivity index (χ4n) is 2.03. The predicted octanol–water partition coefficient (Wildman–Crippen LogP) is 5.30. The summed E-state index contributed by atoms with van der Waals surface area (Å²) in [4.78, 5) is 0. The number of thioether (sulfide) groups is 1. The number of rotatable bonds is 13. The number of hydrogen-bond donors (Lipinski definition) is 0. The van der Waals surface area contributed by atoms with Crippen molar-refractivity contribution < 1.29 is 4.48 Å². The molecule has 0 aromatic carbocycles. The molecule has 0 aliphatic heterocycles. The lowest BCUT2D eigenvalue weighted by atomic mass is 10.1. The van der Waals surface area contributed by atoms with Gasteiger partial charge in [-0.15, -0.1) is 11.8 Å². The molecule has 0 bridgehead atoms. The van der Waals surface area contributed by atoms with E-state index in [9.17, 15) is 0 Å². The van der Waals surface area contributed by atoms with Gasteiger partial charge in [-0.2, -0.15) is 0 Å². The van der Waals surface area contributed by atoms with E-state index in [4.69, 9.17) is 0 Å². The Morgan fingerprint density at radius 2 is 1.11 bits per heavy atom. The molecule has 1 nitrogen and oxygen atoms in total. The van der Waals surface area contributed by atoms with Crippen molar-refractivity contribution >= 4 is 11.8 Å². The molecular weight excluding hydrogens is 238 g/mol. The first-order valence-corrected chi connectivity index (χ1v) is 9.10. The maximum Gasteiger partial charge on any atom is 0.125 e. The van der Waals surface area contributed by atoms with Gasteiger partial charge in [-0.3, -0.25) is 0 Å². The Balaban J connectivity index is 2.99. The lowest BCUT2D eigenvalue weighted by Gasteiger charge is -2.22. The molecule has 0 N–H and O–H groups in total. The smallest absolute Gasteiger partial charge is 0.125 e. The van der Waals surface area contributed by atoms with Crippen LogP contribution in [0.15, 0.2) is 0 Å². The van der Waals surface area contributed by atoms with Gasteiger partial charge in [0.25, 0.3) is 0 Å². The van der Waals surface area contributed by atoms with E-state index in [-0.39, 0.29) is 0 Å². The summed E-state index contributed by atoms with van der Waals surface area (Å²) in [6.45, 7) is 2.29. The van der Waals surface area contributed by atoms with E-state index in [2.05, 4.69) is 39.8 Å². The molecule has 110 valence electrons. The monoisotopic (exact) mass is 274 g/mol. The van der Waals surface area contributed by atoms with Crippen LogP contribution < -0.4 is 0 Å². The van der Waals surface area contributed by atoms with Crippen LogP contribution in [0.1, 0.15) is 71.1 Å². The van der Waals surface area contributed by atoms with Crippen LogP contribution in [0.25, 0.3) is 0 Å². The number of hydrogen-bond acceptors (Lipinski definition) is 1. The molecule has 0 heterocycles. The molecule has 0 saturated heterocycles. The van der Waals surface area contributed by atoms with Gasteiger partial charge >= 0.3 is 0 Å². The van der Waals surface area contributed by atoms with Crippen LogP contribution in [-0.2, 0) is 0 Å². The molecule has 2 heteroatoms. The van der Waals surface area contributed by atoms with E-state index >= 15 is 0 Å². The topological polar surface area (TPSA) is 0 Å². The van der Waals surface area contributed by atoms with Crippen LogP contribution in [0.4, 0.5) is 0 Å². The fraction of sp³-hybridized carbons (Fsp3) is 1.00. The highest BCUT2D eigenvalue weighted by Gasteiger charge is 2.05. The minimum absolute atomic E-state index is 1.09. The van der Waals surface area contributed by atoms with Crippen molar-refractivity contribution in [3.63, 3.8) is 0 Å². The Hall–Kier alpha value is 0.310. The molecule has 0 atom stereocenters. The second-order valence-electron chi connectivity index (χ2n) is 6.51. The van der Waals surface area contributed by atoms with Gasteiger partial charge in [-0.05, 0) is 12.2 Å². The van der Waals surface area contributed by atoms with Crippen LogP contribution in [0, 0.1) is 0 Å². The molecule has 0 saturated carbocycles. The van der Waals surface area contributed by atoms with E-state index in [0.717, 1.165) is 4.48 Å². The van der Waals surface area contributed by atoms with Crippen molar-refractivity contribution in [1.82, 2.24) is 0 Å². The summed E-state index contributed by atoms with van der Waals surface area (Å²) in [5, 5.41) is 0. The van der Waals surface area contributed by atoms with Crippen LogP contribution in [0.2, 0.25) is 0 Å². The van der Waals surface area contributed by atoms with E-state index in [1.165, 1.54) is 75.8 Å². The highest BCUT2D eigenvalue weighted by Crippen LogP contribution is 2.13. The first-order valence-electron chi connectivity index (χ1n) is 7.94. The summed E-state index contributed by atoms with van der Waals surface area (Å²) in [6, 6.07) is 0. The molecule has 0 aromatic heterocycles. The van der Waals surface area contributed by atoms with Gasteiger partial charge in [-0.25, -0.2) is 0 Å². The molecule has 0 amide bonds. The predicted molar refractivity (Wildman–Crippen MR) is 87.2 cm³/mol. The van der Waals surface area contributed by atoms with E-state index < -0.39 is 0 Å². The van der Waals surface area contributed by atoms with Gasteiger partial charge in [0.05, 0.1) is 21.1 Å². The highest BCUT2D eigenvalue weighted by atomic mass is 32.2. The molecule has 0 spiro atoms. The van der Waals surface area contributed by atoms with Crippen LogP contribution in [-0.4, -0.2) is 37.3 Å². The largest absolute Gasteiger partial charge is 0.322 e. The second-order valence-corrected chi connectivity index (χ2v) is 7.58. The number of nitrogens with zero attached hydrogens (tertiary/aromatic N) is 1. The third kappa shape index (κ3) is 16.3. The SMILES string of the molecule is CCCCCCCCCCCCSC[N+](C)(C)C. The molecule has 0 aromatic rings. The number of quaternary nitrogens is 1. The van der Waals surface area contributed by atoms with Crippen LogP contribution in [0.5, 0.6) is 0 Å². The van der Waals surface area contributed by atoms with E-state index in [0.29, 0.717) is 0 Å². The summed E-state index contributed by atoms with van der Waals surface area (Å²) >= 11 is 2.11. The Bertz CT molecular complexity index is 163. The lowest BCUT2D eigenvalue weighted by molar-refractivity contribution is -0.857. The first kappa shape index (κ1) is 18.3. The van der Waals surface area contributed by atoms with Crippen LogP contribution >= 0.6 is 11.8 Å². The van der Waals surface area contributed by atoms with Crippen molar-refractivity contribution in [2.45, 2.75) is 71.1 Å². The van der Waals surface area contributed by atoms with Gasteiger partial charge in [-0.1, -0.05) is 64.7 Å². The normalized spacial score (nSPS) is 12.0. The lowest BCUT2D eigenvalue weighted by Crippen LogP contribution is -2.33. The third-order valence-corrected chi connectivity index (χ3v) is 4.66.